The van der Waals surface area contributed by atoms with Crippen molar-refractivity contribution < 1.29 is 0 Å². The van der Waals surface area contributed by atoms with Gasteiger partial charge in [-0.25, -0.2) is 4.98 Å². The van der Waals surface area contributed by atoms with Crippen LogP contribution in [0.5, 0.6) is 0 Å². The molecule has 0 bridgehead atoms. The molecule has 0 saturated carbocycles. The van der Waals surface area contributed by atoms with Crippen LogP contribution < -0.4 is 10.2 Å². The Labute approximate surface area is 124 Å². The summed E-state index contributed by atoms with van der Waals surface area (Å²) in [4.78, 5) is 7.31. The summed E-state index contributed by atoms with van der Waals surface area (Å²) in [5.41, 5.74) is 0. The number of pyridine rings is 1. The molecule has 0 aliphatic carbocycles. The molecule has 2 aliphatic rings. The van der Waals surface area contributed by atoms with Crippen molar-refractivity contribution in [2.24, 2.45) is 0 Å². The molecular weight excluding hydrogens is 266 g/mol. The maximum atomic E-state index is 4.73. The van der Waals surface area contributed by atoms with Gasteiger partial charge in [0.1, 0.15) is 5.82 Å². The fourth-order valence-electron chi connectivity index (χ4n) is 3.79. The zero-order valence-corrected chi connectivity index (χ0v) is 12.5. The molecule has 4 heteroatoms. The van der Waals surface area contributed by atoms with Crippen LogP contribution in [-0.2, 0) is 0 Å². The summed E-state index contributed by atoms with van der Waals surface area (Å²) in [5.74, 6) is 1.21. The quantitative estimate of drug-likeness (QED) is 0.917. The summed E-state index contributed by atoms with van der Waals surface area (Å²) in [7, 11) is 0. The van der Waals surface area contributed by atoms with Gasteiger partial charge in [0.15, 0.2) is 0 Å². The molecule has 2 saturated heterocycles. The van der Waals surface area contributed by atoms with Gasteiger partial charge < -0.3 is 10.2 Å². The Kier molecular flexibility index (Phi) is 3.36. The van der Waals surface area contributed by atoms with Gasteiger partial charge in [0, 0.05) is 34.9 Å². The van der Waals surface area contributed by atoms with E-state index in [2.05, 4.69) is 27.7 Å². The molecule has 1 N–H and O–H groups in total. The highest BCUT2D eigenvalue weighted by Gasteiger charge is 2.32. The van der Waals surface area contributed by atoms with E-state index in [1.54, 1.807) is 0 Å². The Bertz CT molecular complexity index is 588. The third-order valence-electron chi connectivity index (χ3n) is 4.74. The molecule has 2 unspecified atom stereocenters. The van der Waals surface area contributed by atoms with Crippen LogP contribution in [0.2, 0.25) is 0 Å². The van der Waals surface area contributed by atoms with Gasteiger partial charge in [0.05, 0.1) is 0 Å². The van der Waals surface area contributed by atoms with E-state index in [0.29, 0.717) is 12.1 Å². The predicted molar refractivity (Wildman–Crippen MR) is 85.6 cm³/mol. The zero-order chi connectivity index (χ0) is 13.4. The number of fused-ring (bicyclic) bond motifs is 1. The van der Waals surface area contributed by atoms with E-state index in [4.69, 9.17) is 4.98 Å². The maximum Gasteiger partial charge on any atom is 0.137 e. The van der Waals surface area contributed by atoms with Crippen LogP contribution in [0.1, 0.15) is 32.1 Å². The monoisotopic (exact) mass is 287 g/mol. The van der Waals surface area contributed by atoms with Crippen molar-refractivity contribution in [3.8, 4) is 0 Å². The molecule has 3 nitrogen and oxygen atoms in total. The van der Waals surface area contributed by atoms with E-state index < -0.39 is 0 Å². The van der Waals surface area contributed by atoms with Crippen molar-refractivity contribution in [1.29, 1.82) is 0 Å². The lowest BCUT2D eigenvalue weighted by molar-refractivity contribution is 0.377. The minimum Gasteiger partial charge on any atom is -0.352 e. The highest BCUT2D eigenvalue weighted by atomic mass is 32.1. The number of rotatable bonds is 2. The largest absolute Gasteiger partial charge is 0.352 e. The summed E-state index contributed by atoms with van der Waals surface area (Å²) in [6.45, 7) is 2.34. The number of piperidine rings is 1. The van der Waals surface area contributed by atoms with E-state index in [0.717, 1.165) is 6.54 Å². The van der Waals surface area contributed by atoms with Gasteiger partial charge in [-0.2, -0.15) is 0 Å². The van der Waals surface area contributed by atoms with Crippen LogP contribution in [-0.4, -0.2) is 30.2 Å². The standard InChI is InChI=1S/C16H21N3S/c1-2-10-19(14(5-1)13-4-3-8-17-13)16-12-7-11-20-15(12)6-9-18-16/h6-7,9,11,13-14,17H,1-5,8,10H2. The van der Waals surface area contributed by atoms with Crippen LogP contribution in [0.4, 0.5) is 5.82 Å². The minimum absolute atomic E-state index is 0.629. The van der Waals surface area contributed by atoms with Crippen LogP contribution >= 0.6 is 11.3 Å². The molecule has 0 amide bonds. The van der Waals surface area contributed by atoms with Crippen molar-refractivity contribution in [3.05, 3.63) is 23.7 Å². The molecule has 106 valence electrons. The van der Waals surface area contributed by atoms with Crippen LogP contribution in [0.25, 0.3) is 10.1 Å². The Hall–Kier alpha value is -1.13. The van der Waals surface area contributed by atoms with E-state index >= 15 is 0 Å². The van der Waals surface area contributed by atoms with E-state index in [1.807, 2.05) is 17.5 Å². The molecule has 20 heavy (non-hydrogen) atoms. The zero-order valence-electron chi connectivity index (χ0n) is 11.7. The fraction of sp³-hybridized carbons (Fsp3) is 0.562. The lowest BCUT2D eigenvalue weighted by Crippen LogP contribution is -2.50. The summed E-state index contributed by atoms with van der Waals surface area (Å²) in [5, 5.41) is 7.22. The number of hydrogen-bond donors (Lipinski definition) is 1. The second-order valence-electron chi connectivity index (χ2n) is 5.93. The van der Waals surface area contributed by atoms with E-state index in [1.165, 1.54) is 54.6 Å². The van der Waals surface area contributed by atoms with E-state index in [9.17, 15) is 0 Å². The fourth-order valence-corrected chi connectivity index (χ4v) is 4.56. The lowest BCUT2D eigenvalue weighted by Gasteiger charge is -2.40. The molecule has 2 atom stereocenters. The summed E-state index contributed by atoms with van der Waals surface area (Å²) >= 11 is 1.82. The van der Waals surface area contributed by atoms with Crippen molar-refractivity contribution >= 4 is 27.2 Å². The first-order valence-corrected chi connectivity index (χ1v) is 8.64. The van der Waals surface area contributed by atoms with Gasteiger partial charge in [-0.1, -0.05) is 0 Å². The number of aromatic nitrogens is 1. The Morgan fingerprint density at radius 1 is 1.20 bits per heavy atom. The maximum absolute atomic E-state index is 4.73. The summed E-state index contributed by atoms with van der Waals surface area (Å²) < 4.78 is 1.36. The molecule has 2 aromatic rings. The van der Waals surface area contributed by atoms with Gasteiger partial charge in [-0.05, 0) is 56.2 Å². The predicted octanol–water partition coefficient (Wildman–Crippen LogP) is 3.41. The average molecular weight is 287 g/mol. The topological polar surface area (TPSA) is 28.2 Å². The van der Waals surface area contributed by atoms with Crippen molar-refractivity contribution in [3.63, 3.8) is 0 Å². The molecular formula is C16H21N3S. The Morgan fingerprint density at radius 2 is 2.20 bits per heavy atom. The van der Waals surface area contributed by atoms with Gasteiger partial charge in [0.25, 0.3) is 0 Å². The van der Waals surface area contributed by atoms with Crippen molar-refractivity contribution in [2.75, 3.05) is 18.0 Å². The number of anilines is 1. The number of thiophene rings is 1. The van der Waals surface area contributed by atoms with Gasteiger partial charge in [0.2, 0.25) is 0 Å². The molecule has 0 spiro atoms. The molecule has 0 radical (unpaired) electrons. The van der Waals surface area contributed by atoms with Crippen molar-refractivity contribution in [1.82, 2.24) is 10.3 Å². The smallest absolute Gasteiger partial charge is 0.137 e. The molecule has 4 rings (SSSR count). The second kappa shape index (κ2) is 5.34. The lowest BCUT2D eigenvalue weighted by atomic mass is 9.94. The number of nitrogens with zero attached hydrogens (tertiary/aromatic N) is 2. The SMILES string of the molecule is c1cc2sccc2c(N2CCCCC2C2CCCN2)n1. The first-order chi connectivity index (χ1) is 9.93. The third kappa shape index (κ3) is 2.11. The normalized spacial score (nSPS) is 27.3. The van der Waals surface area contributed by atoms with Gasteiger partial charge in [-0.3, -0.25) is 0 Å². The summed E-state index contributed by atoms with van der Waals surface area (Å²) in [6.07, 6.45) is 8.58. The average Bonchev–Trinajstić information content (AvgIpc) is 3.18. The van der Waals surface area contributed by atoms with Crippen LogP contribution in [0, 0.1) is 0 Å². The first-order valence-electron chi connectivity index (χ1n) is 7.76. The number of hydrogen-bond acceptors (Lipinski definition) is 4. The molecule has 2 aromatic heterocycles. The molecule has 2 fully saturated rings. The molecule has 2 aliphatic heterocycles. The Morgan fingerprint density at radius 3 is 3.10 bits per heavy atom. The highest BCUT2D eigenvalue weighted by molar-refractivity contribution is 7.17. The molecule has 0 aromatic carbocycles. The third-order valence-corrected chi connectivity index (χ3v) is 5.63. The highest BCUT2D eigenvalue weighted by Crippen LogP contribution is 2.34. The van der Waals surface area contributed by atoms with E-state index in [-0.39, 0.29) is 0 Å². The summed E-state index contributed by atoms with van der Waals surface area (Å²) in [6, 6.07) is 5.65. The van der Waals surface area contributed by atoms with Gasteiger partial charge in [-0.15, -0.1) is 11.3 Å². The number of nitrogens with one attached hydrogen (secondary N) is 1. The second-order valence-corrected chi connectivity index (χ2v) is 6.87. The first kappa shape index (κ1) is 12.6. The van der Waals surface area contributed by atoms with Gasteiger partial charge >= 0.3 is 0 Å². The molecule has 4 heterocycles. The van der Waals surface area contributed by atoms with Crippen molar-refractivity contribution in [2.45, 2.75) is 44.2 Å². The minimum atomic E-state index is 0.629. The Balaban J connectivity index is 1.72. The van der Waals surface area contributed by atoms with Crippen LogP contribution in [0.15, 0.2) is 23.7 Å². The van der Waals surface area contributed by atoms with Crippen LogP contribution in [0.3, 0.4) is 0 Å².